The van der Waals surface area contributed by atoms with Gasteiger partial charge >= 0.3 is 0 Å². The molecule has 0 saturated carbocycles. The van der Waals surface area contributed by atoms with E-state index in [-0.39, 0.29) is 4.90 Å². The molecule has 9 nitrogen and oxygen atoms in total. The Morgan fingerprint density at radius 2 is 2.10 bits per heavy atom. The van der Waals surface area contributed by atoms with E-state index in [0.717, 1.165) is 23.0 Å². The van der Waals surface area contributed by atoms with Crippen molar-refractivity contribution in [2.75, 3.05) is 26.3 Å². The molecule has 0 radical (unpaired) electrons. The molecule has 3 aromatic rings. The second-order valence-electron chi connectivity index (χ2n) is 6.78. The third-order valence-corrected chi connectivity index (χ3v) is 7.83. The van der Waals surface area contributed by atoms with Crippen LogP contribution < -0.4 is 0 Å². The van der Waals surface area contributed by atoms with E-state index in [0.29, 0.717) is 44.1 Å². The molecule has 0 N–H and O–H groups in total. The minimum Gasteiger partial charge on any atom is -0.379 e. The average Bonchev–Trinajstić information content (AvgIpc) is 3.35. The first kappa shape index (κ1) is 21.0. The van der Waals surface area contributed by atoms with Gasteiger partial charge in [-0.25, -0.2) is 13.4 Å². The lowest BCUT2D eigenvalue weighted by Gasteiger charge is -2.26. The van der Waals surface area contributed by atoms with Crippen molar-refractivity contribution in [2.24, 2.45) is 0 Å². The van der Waals surface area contributed by atoms with Crippen molar-refractivity contribution >= 4 is 32.8 Å². The van der Waals surface area contributed by atoms with E-state index in [1.54, 1.807) is 36.3 Å². The highest BCUT2D eigenvalue weighted by Gasteiger charge is 2.27. The van der Waals surface area contributed by atoms with Crippen LogP contribution in [0.2, 0.25) is 0 Å². The number of nitrogens with zero attached hydrogens (tertiary/aromatic N) is 6. The van der Waals surface area contributed by atoms with Crippen molar-refractivity contribution in [1.82, 2.24) is 28.6 Å². The van der Waals surface area contributed by atoms with Crippen LogP contribution in [-0.4, -0.2) is 63.3 Å². The fourth-order valence-electron chi connectivity index (χ4n) is 3.47. The molecule has 0 spiro atoms. The van der Waals surface area contributed by atoms with Gasteiger partial charge in [-0.1, -0.05) is 17.8 Å². The Bertz CT molecular complexity index is 1150. The van der Waals surface area contributed by atoms with Gasteiger partial charge in [-0.15, -0.1) is 16.8 Å². The zero-order valence-electron chi connectivity index (χ0n) is 16.8. The first-order valence-corrected chi connectivity index (χ1v) is 12.2. The number of ether oxygens (including phenoxy) is 1. The van der Waals surface area contributed by atoms with Crippen molar-refractivity contribution < 1.29 is 13.2 Å². The van der Waals surface area contributed by atoms with Crippen LogP contribution in [0.5, 0.6) is 0 Å². The summed E-state index contributed by atoms with van der Waals surface area (Å²) in [6, 6.07) is 5.17. The predicted octanol–water partition coefficient (Wildman–Crippen LogP) is 2.15. The van der Waals surface area contributed by atoms with Gasteiger partial charge in [-0.2, -0.15) is 4.31 Å². The highest BCUT2D eigenvalue weighted by molar-refractivity contribution is 7.98. The molecule has 1 fully saturated rings. The Kier molecular flexibility index (Phi) is 6.23. The molecule has 1 aliphatic rings. The fourth-order valence-corrected chi connectivity index (χ4v) is 5.77. The van der Waals surface area contributed by atoms with Crippen molar-refractivity contribution in [3.05, 3.63) is 43.0 Å². The highest BCUT2D eigenvalue weighted by atomic mass is 32.2. The van der Waals surface area contributed by atoms with Gasteiger partial charge in [-0.05, 0) is 25.1 Å². The number of fused-ring (bicyclic) bond motifs is 1. The van der Waals surface area contributed by atoms with Crippen LogP contribution in [0.1, 0.15) is 12.7 Å². The molecule has 0 bridgehead atoms. The molecule has 1 aliphatic heterocycles. The van der Waals surface area contributed by atoms with Crippen LogP contribution in [0.25, 0.3) is 11.0 Å². The second kappa shape index (κ2) is 8.88. The van der Waals surface area contributed by atoms with E-state index < -0.39 is 10.0 Å². The van der Waals surface area contributed by atoms with Crippen molar-refractivity contribution in [2.45, 2.75) is 35.8 Å². The van der Waals surface area contributed by atoms with Gasteiger partial charge in [0.2, 0.25) is 10.0 Å². The number of hydrogen-bond acceptors (Lipinski definition) is 7. The van der Waals surface area contributed by atoms with Crippen LogP contribution in [-0.2, 0) is 33.6 Å². The van der Waals surface area contributed by atoms with E-state index in [2.05, 4.69) is 21.3 Å². The molecule has 0 atom stereocenters. The summed E-state index contributed by atoms with van der Waals surface area (Å²) in [6.07, 6.45) is 3.47. The molecule has 0 aliphatic carbocycles. The summed E-state index contributed by atoms with van der Waals surface area (Å²) in [4.78, 5) is 5.00. The molecular formula is C19H24N6O3S2. The first-order valence-electron chi connectivity index (χ1n) is 9.73. The maximum Gasteiger partial charge on any atom is 0.243 e. The number of allylic oxidation sites excluding steroid dienone is 1. The quantitative estimate of drug-likeness (QED) is 0.385. The van der Waals surface area contributed by atoms with Crippen LogP contribution >= 0.6 is 11.8 Å². The molecule has 0 unspecified atom stereocenters. The van der Waals surface area contributed by atoms with Gasteiger partial charge < -0.3 is 13.9 Å². The minimum absolute atomic E-state index is 0.266. The highest BCUT2D eigenvalue weighted by Crippen LogP contribution is 2.27. The van der Waals surface area contributed by atoms with Gasteiger partial charge in [0.1, 0.15) is 12.2 Å². The van der Waals surface area contributed by atoms with E-state index >= 15 is 0 Å². The maximum atomic E-state index is 13.0. The number of hydrogen-bond donors (Lipinski definition) is 0. The molecule has 1 saturated heterocycles. The Balaban J connectivity index is 1.62. The standard InChI is InChI=1S/C19H24N6O3S2/c1-3-7-23-14-20-22-19(23)29-13-18-21-16-12-15(5-6-17(16)25(18)4-2)30(26,27)24-8-10-28-11-9-24/h3,5-6,12,14H,1,4,7-11,13H2,2H3. The van der Waals surface area contributed by atoms with Gasteiger partial charge in [0.05, 0.1) is 34.9 Å². The number of imidazole rings is 1. The van der Waals surface area contributed by atoms with Crippen LogP contribution in [0.3, 0.4) is 0 Å². The van der Waals surface area contributed by atoms with E-state index in [9.17, 15) is 8.42 Å². The number of morpholine rings is 1. The van der Waals surface area contributed by atoms with Crippen LogP contribution in [0.15, 0.2) is 47.2 Å². The van der Waals surface area contributed by atoms with Crippen molar-refractivity contribution in [1.29, 1.82) is 0 Å². The summed E-state index contributed by atoms with van der Waals surface area (Å²) < 4.78 is 36.7. The molecule has 30 heavy (non-hydrogen) atoms. The van der Waals surface area contributed by atoms with Gasteiger partial charge in [0, 0.05) is 26.2 Å². The molecule has 3 heterocycles. The van der Waals surface area contributed by atoms with Crippen molar-refractivity contribution in [3.8, 4) is 0 Å². The smallest absolute Gasteiger partial charge is 0.243 e. The normalized spacial score (nSPS) is 15.6. The molecule has 11 heteroatoms. The first-order chi connectivity index (χ1) is 14.5. The minimum atomic E-state index is -3.56. The number of thioether (sulfide) groups is 1. The van der Waals surface area contributed by atoms with E-state index in [4.69, 9.17) is 9.72 Å². The van der Waals surface area contributed by atoms with Gasteiger partial charge in [-0.3, -0.25) is 0 Å². The number of benzene rings is 1. The zero-order chi connectivity index (χ0) is 21.1. The molecule has 4 rings (SSSR count). The molecular weight excluding hydrogens is 424 g/mol. The second-order valence-corrected chi connectivity index (χ2v) is 9.66. The Labute approximate surface area is 179 Å². The summed E-state index contributed by atoms with van der Waals surface area (Å²) in [7, 11) is -3.56. The van der Waals surface area contributed by atoms with Crippen LogP contribution in [0, 0.1) is 0 Å². The SMILES string of the molecule is C=CCn1cnnc1SCc1nc2cc(S(=O)(=O)N3CCOCC3)ccc2n1CC. The van der Waals surface area contributed by atoms with E-state index in [1.165, 1.54) is 4.31 Å². The number of rotatable bonds is 8. The molecule has 2 aromatic heterocycles. The van der Waals surface area contributed by atoms with Crippen molar-refractivity contribution in [3.63, 3.8) is 0 Å². The zero-order valence-corrected chi connectivity index (χ0v) is 18.4. The number of sulfonamides is 1. The third kappa shape index (κ3) is 4.02. The molecule has 1 aromatic carbocycles. The maximum absolute atomic E-state index is 13.0. The predicted molar refractivity (Wildman–Crippen MR) is 115 cm³/mol. The molecule has 160 valence electrons. The monoisotopic (exact) mass is 448 g/mol. The molecule has 0 amide bonds. The number of aromatic nitrogens is 5. The van der Waals surface area contributed by atoms with Crippen LogP contribution in [0.4, 0.5) is 0 Å². The lowest BCUT2D eigenvalue weighted by Crippen LogP contribution is -2.40. The van der Waals surface area contributed by atoms with E-state index in [1.807, 2.05) is 17.6 Å². The van der Waals surface area contributed by atoms with Gasteiger partial charge in [0.15, 0.2) is 5.16 Å². The topological polar surface area (TPSA) is 95.1 Å². The summed E-state index contributed by atoms with van der Waals surface area (Å²) >= 11 is 1.54. The lowest BCUT2D eigenvalue weighted by atomic mass is 10.3. The summed E-state index contributed by atoms with van der Waals surface area (Å²) in [5.41, 5.74) is 1.59. The summed E-state index contributed by atoms with van der Waals surface area (Å²) in [6.45, 7) is 8.76. The Hall–Kier alpha value is -2.21. The fraction of sp³-hybridized carbons (Fsp3) is 0.421. The lowest BCUT2D eigenvalue weighted by molar-refractivity contribution is 0.0730. The Morgan fingerprint density at radius 1 is 1.30 bits per heavy atom. The summed E-state index contributed by atoms with van der Waals surface area (Å²) in [5, 5.41) is 8.90. The summed E-state index contributed by atoms with van der Waals surface area (Å²) in [5.74, 6) is 1.47. The van der Waals surface area contributed by atoms with Gasteiger partial charge in [0.25, 0.3) is 0 Å². The number of aryl methyl sites for hydroxylation is 1. The third-order valence-electron chi connectivity index (χ3n) is 4.96. The Morgan fingerprint density at radius 3 is 2.83 bits per heavy atom. The average molecular weight is 449 g/mol. The largest absolute Gasteiger partial charge is 0.379 e.